The molecule has 0 fully saturated rings. The van der Waals surface area contributed by atoms with E-state index in [9.17, 15) is 4.79 Å². The van der Waals surface area contributed by atoms with Crippen LogP contribution in [0.3, 0.4) is 0 Å². The summed E-state index contributed by atoms with van der Waals surface area (Å²) in [6.45, 7) is 4.80. The van der Waals surface area contributed by atoms with Crippen LogP contribution in [0.1, 0.15) is 0 Å². The molecule has 0 saturated carbocycles. The first kappa shape index (κ1) is 15.3. The number of halogens is 1. The van der Waals surface area contributed by atoms with Gasteiger partial charge in [0.15, 0.2) is 0 Å². The Labute approximate surface area is 121 Å². The minimum atomic E-state index is -0.0318. The van der Waals surface area contributed by atoms with Crippen molar-refractivity contribution in [3.8, 4) is 0 Å². The first-order valence-electron chi connectivity index (χ1n) is 5.67. The lowest BCUT2D eigenvalue weighted by Gasteiger charge is -2.07. The second kappa shape index (κ2) is 9.19. The summed E-state index contributed by atoms with van der Waals surface area (Å²) >= 11 is 5.18. The zero-order valence-electron chi connectivity index (χ0n) is 10.1. The zero-order chi connectivity index (χ0) is 13.2. The number of thioether (sulfide) groups is 1. The molecule has 0 aromatic heterocycles. The van der Waals surface area contributed by atoms with E-state index >= 15 is 0 Å². The standard InChI is InChI=1S/C13H17BrN2OS/c1-2-8-18-9-7-15-10-13(17)16-12-6-4-3-5-11(12)14/h2-6,15H,1,7-10H2,(H,16,17). The molecule has 0 spiro atoms. The van der Waals surface area contributed by atoms with E-state index in [1.165, 1.54) is 0 Å². The van der Waals surface area contributed by atoms with E-state index in [4.69, 9.17) is 0 Å². The summed E-state index contributed by atoms with van der Waals surface area (Å²) in [6, 6.07) is 7.56. The molecule has 18 heavy (non-hydrogen) atoms. The van der Waals surface area contributed by atoms with E-state index in [0.717, 1.165) is 28.2 Å². The zero-order valence-corrected chi connectivity index (χ0v) is 12.5. The molecule has 0 unspecified atom stereocenters. The summed E-state index contributed by atoms with van der Waals surface area (Å²) in [6.07, 6.45) is 1.88. The highest BCUT2D eigenvalue weighted by Gasteiger charge is 2.03. The first-order chi connectivity index (χ1) is 8.74. The van der Waals surface area contributed by atoms with Crippen LogP contribution in [-0.4, -0.2) is 30.5 Å². The quantitative estimate of drug-likeness (QED) is 0.569. The van der Waals surface area contributed by atoms with Gasteiger partial charge < -0.3 is 10.6 Å². The summed E-state index contributed by atoms with van der Waals surface area (Å²) in [7, 11) is 0. The second-order valence-electron chi connectivity index (χ2n) is 3.57. The topological polar surface area (TPSA) is 41.1 Å². The molecule has 0 saturated heterocycles. The fraction of sp³-hybridized carbons (Fsp3) is 0.308. The van der Waals surface area contributed by atoms with Crippen LogP contribution in [0.5, 0.6) is 0 Å². The molecule has 2 N–H and O–H groups in total. The number of benzene rings is 1. The van der Waals surface area contributed by atoms with Gasteiger partial charge in [-0.15, -0.1) is 6.58 Å². The lowest BCUT2D eigenvalue weighted by molar-refractivity contribution is -0.115. The van der Waals surface area contributed by atoms with Gasteiger partial charge in [-0.2, -0.15) is 11.8 Å². The van der Waals surface area contributed by atoms with Gasteiger partial charge in [-0.05, 0) is 28.1 Å². The minimum absolute atomic E-state index is 0.0318. The average Bonchev–Trinajstić information content (AvgIpc) is 2.36. The van der Waals surface area contributed by atoms with Crippen molar-refractivity contribution in [2.24, 2.45) is 0 Å². The fourth-order valence-electron chi connectivity index (χ4n) is 1.27. The molecule has 0 aliphatic carbocycles. The number of hydrogen-bond acceptors (Lipinski definition) is 3. The number of carbonyl (C=O) groups excluding carboxylic acids is 1. The lowest BCUT2D eigenvalue weighted by Crippen LogP contribution is -2.29. The average molecular weight is 329 g/mol. The predicted octanol–water partition coefficient (Wildman–Crippen LogP) is 2.90. The molecule has 0 atom stereocenters. The van der Waals surface area contributed by atoms with Crippen LogP contribution in [0.4, 0.5) is 5.69 Å². The van der Waals surface area contributed by atoms with Crippen molar-refractivity contribution in [1.82, 2.24) is 5.32 Å². The molecule has 1 rings (SSSR count). The van der Waals surface area contributed by atoms with Gasteiger partial charge in [0.25, 0.3) is 0 Å². The van der Waals surface area contributed by atoms with Crippen molar-refractivity contribution in [2.75, 3.05) is 29.9 Å². The number of nitrogens with one attached hydrogen (secondary N) is 2. The Kier molecular flexibility index (Phi) is 7.80. The Balaban J connectivity index is 2.18. The Morgan fingerprint density at radius 1 is 1.44 bits per heavy atom. The normalized spacial score (nSPS) is 10.1. The van der Waals surface area contributed by atoms with Crippen molar-refractivity contribution in [1.29, 1.82) is 0 Å². The summed E-state index contributed by atoms with van der Waals surface area (Å²) in [5, 5.41) is 5.94. The lowest BCUT2D eigenvalue weighted by atomic mass is 10.3. The molecule has 1 aromatic rings. The summed E-state index contributed by atoms with van der Waals surface area (Å²) in [5.41, 5.74) is 0.797. The van der Waals surface area contributed by atoms with Crippen LogP contribution in [-0.2, 0) is 4.79 Å². The van der Waals surface area contributed by atoms with Crippen LogP contribution in [0, 0.1) is 0 Å². The summed E-state index contributed by atoms with van der Waals surface area (Å²) in [4.78, 5) is 11.6. The Morgan fingerprint density at radius 2 is 2.22 bits per heavy atom. The maximum absolute atomic E-state index is 11.6. The largest absolute Gasteiger partial charge is 0.324 e. The van der Waals surface area contributed by atoms with Crippen molar-refractivity contribution in [3.63, 3.8) is 0 Å². The van der Waals surface area contributed by atoms with Crippen molar-refractivity contribution in [3.05, 3.63) is 41.4 Å². The van der Waals surface area contributed by atoms with Gasteiger partial charge in [-0.1, -0.05) is 18.2 Å². The summed E-state index contributed by atoms with van der Waals surface area (Å²) in [5.74, 6) is 1.90. The highest BCUT2D eigenvalue weighted by atomic mass is 79.9. The van der Waals surface area contributed by atoms with Gasteiger partial charge in [-0.3, -0.25) is 4.79 Å². The maximum Gasteiger partial charge on any atom is 0.238 e. The van der Waals surface area contributed by atoms with E-state index in [0.29, 0.717) is 6.54 Å². The fourth-order valence-corrected chi connectivity index (χ4v) is 2.28. The molecule has 1 aromatic carbocycles. The third-order valence-corrected chi connectivity index (χ3v) is 3.75. The molecule has 5 heteroatoms. The minimum Gasteiger partial charge on any atom is -0.324 e. The van der Waals surface area contributed by atoms with Crippen LogP contribution in [0.2, 0.25) is 0 Å². The number of para-hydroxylation sites is 1. The van der Waals surface area contributed by atoms with E-state index in [1.54, 1.807) is 11.8 Å². The Bertz CT molecular complexity index is 398. The van der Waals surface area contributed by atoms with Gasteiger partial charge in [0.1, 0.15) is 0 Å². The molecule has 0 bridgehead atoms. The first-order valence-corrected chi connectivity index (χ1v) is 7.62. The van der Waals surface area contributed by atoms with E-state index < -0.39 is 0 Å². The molecule has 98 valence electrons. The van der Waals surface area contributed by atoms with E-state index in [-0.39, 0.29) is 5.91 Å². The van der Waals surface area contributed by atoms with Gasteiger partial charge in [-0.25, -0.2) is 0 Å². The maximum atomic E-state index is 11.6. The molecule has 3 nitrogen and oxygen atoms in total. The number of hydrogen-bond donors (Lipinski definition) is 2. The van der Waals surface area contributed by atoms with Crippen LogP contribution in [0.15, 0.2) is 41.4 Å². The highest BCUT2D eigenvalue weighted by Crippen LogP contribution is 2.20. The van der Waals surface area contributed by atoms with Crippen molar-refractivity contribution in [2.45, 2.75) is 0 Å². The molecule has 0 aliphatic heterocycles. The Morgan fingerprint density at radius 3 is 2.94 bits per heavy atom. The van der Waals surface area contributed by atoms with Gasteiger partial charge in [0.05, 0.1) is 12.2 Å². The van der Waals surface area contributed by atoms with Crippen molar-refractivity contribution < 1.29 is 4.79 Å². The van der Waals surface area contributed by atoms with E-state index in [2.05, 4.69) is 33.1 Å². The van der Waals surface area contributed by atoms with E-state index in [1.807, 2.05) is 30.3 Å². The number of amides is 1. The molecule has 1 amide bonds. The highest BCUT2D eigenvalue weighted by molar-refractivity contribution is 9.10. The van der Waals surface area contributed by atoms with Gasteiger partial charge in [0, 0.05) is 22.5 Å². The monoisotopic (exact) mass is 328 g/mol. The number of carbonyl (C=O) groups is 1. The predicted molar refractivity (Wildman–Crippen MR) is 83.2 cm³/mol. The van der Waals surface area contributed by atoms with Crippen LogP contribution >= 0.6 is 27.7 Å². The molecule has 0 radical (unpaired) electrons. The van der Waals surface area contributed by atoms with Crippen molar-refractivity contribution >= 4 is 39.3 Å². The molecular formula is C13H17BrN2OS. The Hall–Kier alpha value is -0.780. The molecule has 0 aliphatic rings. The third kappa shape index (κ3) is 6.23. The SMILES string of the molecule is C=CCSCCNCC(=O)Nc1ccccc1Br. The third-order valence-electron chi connectivity index (χ3n) is 2.09. The van der Waals surface area contributed by atoms with Crippen LogP contribution in [0.25, 0.3) is 0 Å². The van der Waals surface area contributed by atoms with Gasteiger partial charge in [0.2, 0.25) is 5.91 Å². The second-order valence-corrected chi connectivity index (χ2v) is 5.57. The van der Waals surface area contributed by atoms with Gasteiger partial charge >= 0.3 is 0 Å². The number of anilines is 1. The van der Waals surface area contributed by atoms with Crippen LogP contribution < -0.4 is 10.6 Å². The number of rotatable bonds is 8. The molecular weight excluding hydrogens is 312 g/mol. The summed E-state index contributed by atoms with van der Waals surface area (Å²) < 4.78 is 0.889. The smallest absolute Gasteiger partial charge is 0.238 e. The molecule has 0 heterocycles.